The molecule has 1 aliphatic rings. The highest BCUT2D eigenvalue weighted by Gasteiger charge is 2.23. The molecule has 1 aromatic heterocycles. The number of carbonyl (C=O) groups is 2. The first-order chi connectivity index (χ1) is 12.0. The number of anilines is 1. The van der Waals surface area contributed by atoms with E-state index < -0.39 is 0 Å². The molecule has 1 fully saturated rings. The van der Waals surface area contributed by atoms with Crippen LogP contribution in [0.3, 0.4) is 0 Å². The molecule has 0 unspecified atom stereocenters. The highest BCUT2D eigenvalue weighted by molar-refractivity contribution is 7.10. The van der Waals surface area contributed by atoms with Gasteiger partial charge in [0.25, 0.3) is 5.91 Å². The summed E-state index contributed by atoms with van der Waals surface area (Å²) in [4.78, 5) is 25.8. The van der Waals surface area contributed by atoms with Gasteiger partial charge in [-0.15, -0.1) is 0 Å². The molecule has 0 saturated carbocycles. The van der Waals surface area contributed by atoms with E-state index in [1.165, 1.54) is 11.5 Å². The number of likely N-dealkylation sites (tertiary alicyclic amines) is 1. The zero-order valence-electron chi connectivity index (χ0n) is 14.4. The van der Waals surface area contributed by atoms with Crippen molar-refractivity contribution < 1.29 is 9.59 Å². The number of hydrogen-bond donors (Lipinski definition) is 2. The summed E-state index contributed by atoms with van der Waals surface area (Å²) >= 11 is 1.28. The Bertz CT molecular complexity index is 774. The summed E-state index contributed by atoms with van der Waals surface area (Å²) in [6, 6.07) is 9.76. The molecule has 3 rings (SSSR count). The summed E-state index contributed by atoms with van der Waals surface area (Å²) in [5.41, 5.74) is 2.63. The number of hydrogen-bond acceptors (Lipinski definition) is 5. The van der Waals surface area contributed by atoms with Crippen molar-refractivity contribution in [2.45, 2.75) is 32.9 Å². The number of carbonyl (C=O) groups excluding carboxylic acids is 2. The van der Waals surface area contributed by atoms with Crippen molar-refractivity contribution in [1.29, 1.82) is 0 Å². The Labute approximate surface area is 151 Å². The van der Waals surface area contributed by atoms with Gasteiger partial charge < -0.3 is 10.6 Å². The van der Waals surface area contributed by atoms with E-state index in [4.69, 9.17) is 0 Å². The average molecular weight is 358 g/mol. The molecule has 1 aliphatic heterocycles. The minimum absolute atomic E-state index is 0.0174. The Morgan fingerprint density at radius 1 is 1.36 bits per heavy atom. The molecule has 2 heterocycles. The first-order valence-electron chi connectivity index (χ1n) is 8.32. The van der Waals surface area contributed by atoms with E-state index in [-0.39, 0.29) is 17.9 Å². The first-order valence-corrected chi connectivity index (χ1v) is 9.10. The van der Waals surface area contributed by atoms with E-state index in [1.807, 2.05) is 37.3 Å². The minimum atomic E-state index is -0.122. The molecular weight excluding hydrogens is 336 g/mol. The van der Waals surface area contributed by atoms with Gasteiger partial charge in [0.05, 0.1) is 5.69 Å². The van der Waals surface area contributed by atoms with Crippen molar-refractivity contribution in [3.05, 3.63) is 47.2 Å². The molecule has 1 atom stereocenters. The molecular formula is C18H22N4O2S. The van der Waals surface area contributed by atoms with Crippen LogP contribution in [0.2, 0.25) is 0 Å². The molecule has 0 bridgehead atoms. The summed E-state index contributed by atoms with van der Waals surface area (Å²) in [6.45, 7) is 6.01. The lowest BCUT2D eigenvalue weighted by atomic mass is 10.1. The standard InChI is InChI=1S/C18H22N4O2S/c1-12-8-17(25-21-12)20-18(24)15-5-3-4-14(9-15)10-22-7-6-16(11-22)19-13(2)23/h3-5,8-9,16H,6-7,10-11H2,1-2H3,(H,19,23)(H,20,24)/t16-/m1/s1. The maximum atomic E-state index is 12.4. The molecule has 6 nitrogen and oxygen atoms in total. The third kappa shape index (κ3) is 4.87. The molecule has 7 heteroatoms. The summed E-state index contributed by atoms with van der Waals surface area (Å²) < 4.78 is 4.17. The van der Waals surface area contributed by atoms with Crippen LogP contribution in [-0.2, 0) is 11.3 Å². The molecule has 2 aromatic rings. The topological polar surface area (TPSA) is 74.3 Å². The maximum Gasteiger partial charge on any atom is 0.256 e. The Morgan fingerprint density at radius 2 is 2.20 bits per heavy atom. The van der Waals surface area contributed by atoms with Crippen LogP contribution < -0.4 is 10.6 Å². The second-order valence-corrected chi connectivity index (χ2v) is 7.21. The van der Waals surface area contributed by atoms with Crippen LogP contribution in [0.15, 0.2) is 30.3 Å². The van der Waals surface area contributed by atoms with Gasteiger partial charge in [0.15, 0.2) is 0 Å². The van der Waals surface area contributed by atoms with Crippen molar-refractivity contribution >= 4 is 28.3 Å². The van der Waals surface area contributed by atoms with Gasteiger partial charge in [-0.05, 0) is 48.6 Å². The molecule has 132 valence electrons. The fraction of sp³-hybridized carbons (Fsp3) is 0.389. The van der Waals surface area contributed by atoms with Gasteiger partial charge in [-0.1, -0.05) is 12.1 Å². The predicted molar refractivity (Wildman–Crippen MR) is 98.7 cm³/mol. The van der Waals surface area contributed by atoms with Crippen molar-refractivity contribution in [3.8, 4) is 0 Å². The fourth-order valence-corrected chi connectivity index (χ4v) is 3.71. The fourth-order valence-electron chi connectivity index (χ4n) is 3.06. The number of rotatable bonds is 5. The number of aryl methyl sites for hydroxylation is 1. The third-order valence-electron chi connectivity index (χ3n) is 4.14. The lowest BCUT2D eigenvalue weighted by Gasteiger charge is -2.16. The molecule has 0 aliphatic carbocycles. The van der Waals surface area contributed by atoms with Crippen molar-refractivity contribution in [2.75, 3.05) is 18.4 Å². The number of amides is 2. The van der Waals surface area contributed by atoms with Crippen LogP contribution in [0.25, 0.3) is 0 Å². The van der Waals surface area contributed by atoms with Crippen LogP contribution in [0.5, 0.6) is 0 Å². The van der Waals surface area contributed by atoms with E-state index in [0.29, 0.717) is 5.56 Å². The summed E-state index contributed by atoms with van der Waals surface area (Å²) in [5.74, 6) is -0.105. The second kappa shape index (κ2) is 7.76. The van der Waals surface area contributed by atoms with Crippen LogP contribution >= 0.6 is 11.5 Å². The summed E-state index contributed by atoms with van der Waals surface area (Å²) in [5, 5.41) is 6.61. The van der Waals surface area contributed by atoms with E-state index in [2.05, 4.69) is 19.9 Å². The highest BCUT2D eigenvalue weighted by atomic mass is 32.1. The number of benzene rings is 1. The predicted octanol–water partition coefficient (Wildman–Crippen LogP) is 2.41. The Hall–Kier alpha value is -2.25. The van der Waals surface area contributed by atoms with E-state index >= 15 is 0 Å². The van der Waals surface area contributed by atoms with Crippen molar-refractivity contribution in [1.82, 2.24) is 14.6 Å². The van der Waals surface area contributed by atoms with Gasteiger partial charge in [-0.25, -0.2) is 0 Å². The van der Waals surface area contributed by atoms with Gasteiger partial charge >= 0.3 is 0 Å². The Morgan fingerprint density at radius 3 is 2.92 bits per heavy atom. The van der Waals surface area contributed by atoms with Crippen LogP contribution in [0.1, 0.15) is 35.0 Å². The number of nitrogens with zero attached hydrogens (tertiary/aromatic N) is 2. The molecule has 25 heavy (non-hydrogen) atoms. The molecule has 1 aromatic carbocycles. The quantitative estimate of drug-likeness (QED) is 0.861. The minimum Gasteiger partial charge on any atom is -0.352 e. The van der Waals surface area contributed by atoms with Gasteiger partial charge in [0, 0.05) is 38.2 Å². The Balaban J connectivity index is 1.60. The largest absolute Gasteiger partial charge is 0.352 e. The molecule has 0 spiro atoms. The molecule has 2 amide bonds. The molecule has 1 saturated heterocycles. The lowest BCUT2D eigenvalue weighted by molar-refractivity contribution is -0.119. The normalized spacial score (nSPS) is 17.4. The van der Waals surface area contributed by atoms with Crippen molar-refractivity contribution in [2.24, 2.45) is 0 Å². The van der Waals surface area contributed by atoms with Crippen LogP contribution in [-0.4, -0.2) is 40.2 Å². The second-order valence-electron chi connectivity index (χ2n) is 6.41. The smallest absolute Gasteiger partial charge is 0.256 e. The number of aromatic nitrogens is 1. The monoisotopic (exact) mass is 358 g/mol. The van der Waals surface area contributed by atoms with Crippen LogP contribution in [0, 0.1) is 6.92 Å². The summed E-state index contributed by atoms with van der Waals surface area (Å²) in [6.07, 6.45) is 0.963. The molecule has 2 N–H and O–H groups in total. The SMILES string of the molecule is CC(=O)N[C@@H]1CCN(Cc2cccc(C(=O)Nc3cc(C)ns3)c2)C1. The third-order valence-corrected chi connectivity index (χ3v) is 4.94. The van der Waals surface area contributed by atoms with E-state index in [1.54, 1.807) is 6.92 Å². The maximum absolute atomic E-state index is 12.4. The van der Waals surface area contributed by atoms with Gasteiger partial charge in [0.2, 0.25) is 5.91 Å². The Kier molecular flexibility index (Phi) is 5.45. The van der Waals surface area contributed by atoms with Crippen molar-refractivity contribution in [3.63, 3.8) is 0 Å². The van der Waals surface area contributed by atoms with E-state index in [0.717, 1.165) is 42.3 Å². The summed E-state index contributed by atoms with van der Waals surface area (Å²) in [7, 11) is 0. The zero-order chi connectivity index (χ0) is 17.8. The zero-order valence-corrected chi connectivity index (χ0v) is 15.2. The van der Waals surface area contributed by atoms with Gasteiger partial charge in [-0.3, -0.25) is 14.5 Å². The highest BCUT2D eigenvalue weighted by Crippen LogP contribution is 2.18. The lowest BCUT2D eigenvalue weighted by Crippen LogP contribution is -2.35. The van der Waals surface area contributed by atoms with E-state index in [9.17, 15) is 9.59 Å². The number of nitrogens with one attached hydrogen (secondary N) is 2. The van der Waals surface area contributed by atoms with Gasteiger partial charge in [-0.2, -0.15) is 4.37 Å². The van der Waals surface area contributed by atoms with Gasteiger partial charge in [0.1, 0.15) is 5.00 Å². The average Bonchev–Trinajstić information content (AvgIpc) is 3.16. The molecule has 0 radical (unpaired) electrons. The van der Waals surface area contributed by atoms with Crippen LogP contribution in [0.4, 0.5) is 5.00 Å². The first kappa shape index (κ1) is 17.6.